The van der Waals surface area contributed by atoms with Crippen LogP contribution in [0.4, 0.5) is 13.2 Å². The number of alkyl halides is 4. The topological polar surface area (TPSA) is 18.5 Å². The zero-order chi connectivity index (χ0) is 15.5. The minimum Gasteiger partial charge on any atom is -0.493 e. The van der Waals surface area contributed by atoms with Gasteiger partial charge in [-0.05, 0) is 29.8 Å². The van der Waals surface area contributed by atoms with Crippen LogP contribution >= 0.6 is 15.9 Å². The average Bonchev–Trinajstić information content (AvgIpc) is 2.47. The Morgan fingerprint density at radius 2 is 1.71 bits per heavy atom. The molecule has 0 aromatic heterocycles. The molecule has 2 aromatic rings. The molecule has 0 aliphatic rings. The standard InChI is InChI=1S/C15H12BrF3O2/c1-20-13-4-2-3-5-14(13)21-11-7-6-10(9-16)12(8-11)15(17,18)19/h2-8H,9H2,1H3. The van der Waals surface area contributed by atoms with Gasteiger partial charge >= 0.3 is 6.18 Å². The van der Waals surface area contributed by atoms with E-state index in [4.69, 9.17) is 9.47 Å². The highest BCUT2D eigenvalue weighted by atomic mass is 79.9. The molecule has 112 valence electrons. The van der Waals surface area contributed by atoms with Crippen LogP contribution in [-0.2, 0) is 11.5 Å². The summed E-state index contributed by atoms with van der Waals surface area (Å²) in [5.74, 6) is 0.923. The van der Waals surface area contributed by atoms with Crippen LogP contribution in [0, 0.1) is 0 Å². The molecule has 2 nitrogen and oxygen atoms in total. The third kappa shape index (κ3) is 3.69. The van der Waals surface area contributed by atoms with Gasteiger partial charge < -0.3 is 9.47 Å². The number of benzene rings is 2. The molecule has 0 aliphatic carbocycles. The third-order valence-electron chi connectivity index (χ3n) is 2.83. The quantitative estimate of drug-likeness (QED) is 0.679. The van der Waals surface area contributed by atoms with Crippen LogP contribution in [-0.4, -0.2) is 7.11 Å². The Kier molecular flexibility index (Phi) is 4.77. The van der Waals surface area contributed by atoms with Crippen LogP contribution in [0.5, 0.6) is 17.2 Å². The van der Waals surface area contributed by atoms with E-state index in [-0.39, 0.29) is 16.6 Å². The Bertz CT molecular complexity index is 627. The van der Waals surface area contributed by atoms with Gasteiger partial charge in [-0.2, -0.15) is 13.2 Å². The van der Waals surface area contributed by atoms with E-state index < -0.39 is 11.7 Å². The molecule has 0 unspecified atom stereocenters. The number of para-hydroxylation sites is 2. The number of ether oxygens (including phenoxy) is 2. The van der Waals surface area contributed by atoms with E-state index in [0.717, 1.165) is 6.07 Å². The molecule has 6 heteroatoms. The van der Waals surface area contributed by atoms with Crippen molar-refractivity contribution in [3.63, 3.8) is 0 Å². The summed E-state index contributed by atoms with van der Waals surface area (Å²) in [6, 6.07) is 10.6. The third-order valence-corrected chi connectivity index (χ3v) is 3.43. The van der Waals surface area contributed by atoms with Crippen LogP contribution in [0.25, 0.3) is 0 Å². The van der Waals surface area contributed by atoms with Crippen LogP contribution in [0.1, 0.15) is 11.1 Å². The van der Waals surface area contributed by atoms with Crippen LogP contribution in [0.2, 0.25) is 0 Å². The first kappa shape index (κ1) is 15.7. The zero-order valence-electron chi connectivity index (χ0n) is 11.1. The van der Waals surface area contributed by atoms with Gasteiger partial charge in [0.2, 0.25) is 0 Å². The van der Waals surface area contributed by atoms with Crippen molar-refractivity contribution in [1.29, 1.82) is 0 Å². The van der Waals surface area contributed by atoms with Crippen molar-refractivity contribution in [1.82, 2.24) is 0 Å². The first-order valence-electron chi connectivity index (χ1n) is 6.02. The summed E-state index contributed by atoms with van der Waals surface area (Å²) < 4.78 is 49.6. The number of methoxy groups -OCH3 is 1. The van der Waals surface area contributed by atoms with Crippen LogP contribution in [0.3, 0.4) is 0 Å². The smallest absolute Gasteiger partial charge is 0.416 e. The fourth-order valence-corrected chi connectivity index (χ4v) is 2.32. The zero-order valence-corrected chi connectivity index (χ0v) is 12.7. The molecule has 0 fully saturated rings. The van der Waals surface area contributed by atoms with Crippen molar-refractivity contribution in [2.75, 3.05) is 7.11 Å². The molecule has 0 bridgehead atoms. The largest absolute Gasteiger partial charge is 0.493 e. The maximum absolute atomic E-state index is 13.0. The Labute approximate surface area is 128 Å². The number of halogens is 4. The van der Waals surface area contributed by atoms with E-state index >= 15 is 0 Å². The van der Waals surface area contributed by atoms with Crippen molar-refractivity contribution in [3.8, 4) is 17.2 Å². The van der Waals surface area contributed by atoms with Crippen LogP contribution < -0.4 is 9.47 Å². The van der Waals surface area contributed by atoms with Crippen molar-refractivity contribution in [2.24, 2.45) is 0 Å². The Morgan fingerprint density at radius 3 is 2.29 bits per heavy atom. The highest BCUT2D eigenvalue weighted by molar-refractivity contribution is 9.08. The van der Waals surface area contributed by atoms with E-state index in [0.29, 0.717) is 11.5 Å². The first-order chi connectivity index (χ1) is 9.95. The molecule has 0 aliphatic heterocycles. The van der Waals surface area contributed by atoms with E-state index in [1.54, 1.807) is 24.3 Å². The molecular weight excluding hydrogens is 349 g/mol. The van der Waals surface area contributed by atoms with Gasteiger partial charge in [-0.25, -0.2) is 0 Å². The van der Waals surface area contributed by atoms with Crippen LogP contribution in [0.15, 0.2) is 42.5 Å². The van der Waals surface area contributed by atoms with E-state index in [1.165, 1.54) is 19.2 Å². The molecule has 0 spiro atoms. The lowest BCUT2D eigenvalue weighted by atomic mass is 10.1. The van der Waals surface area contributed by atoms with Crippen molar-refractivity contribution in [3.05, 3.63) is 53.6 Å². The maximum Gasteiger partial charge on any atom is 0.416 e. The second-order valence-corrected chi connectivity index (χ2v) is 4.76. The molecule has 2 rings (SSSR count). The second-order valence-electron chi connectivity index (χ2n) is 4.20. The maximum atomic E-state index is 13.0. The molecule has 0 atom stereocenters. The highest BCUT2D eigenvalue weighted by Gasteiger charge is 2.33. The summed E-state index contributed by atoms with van der Waals surface area (Å²) in [5, 5.41) is 0.122. The van der Waals surface area contributed by atoms with E-state index in [9.17, 15) is 13.2 Å². The molecule has 0 radical (unpaired) electrons. The van der Waals surface area contributed by atoms with Gasteiger partial charge in [0.25, 0.3) is 0 Å². The second kappa shape index (κ2) is 6.39. The number of rotatable bonds is 4. The normalized spacial score (nSPS) is 11.3. The molecule has 0 amide bonds. The Balaban J connectivity index is 2.37. The molecular formula is C15H12BrF3O2. The lowest BCUT2D eigenvalue weighted by molar-refractivity contribution is -0.138. The summed E-state index contributed by atoms with van der Waals surface area (Å²) in [4.78, 5) is 0. The SMILES string of the molecule is COc1ccccc1Oc1ccc(CBr)c(C(F)(F)F)c1. The lowest BCUT2D eigenvalue weighted by Crippen LogP contribution is -2.08. The average molecular weight is 361 g/mol. The van der Waals surface area contributed by atoms with Gasteiger partial charge in [-0.1, -0.05) is 34.1 Å². The van der Waals surface area contributed by atoms with E-state index in [2.05, 4.69) is 15.9 Å². The number of hydrogen-bond donors (Lipinski definition) is 0. The molecule has 0 heterocycles. The first-order valence-corrected chi connectivity index (χ1v) is 7.15. The van der Waals surface area contributed by atoms with Gasteiger partial charge in [0.15, 0.2) is 11.5 Å². The van der Waals surface area contributed by atoms with Crippen molar-refractivity contribution in [2.45, 2.75) is 11.5 Å². The summed E-state index contributed by atoms with van der Waals surface area (Å²) >= 11 is 3.05. The van der Waals surface area contributed by atoms with Gasteiger partial charge in [-0.15, -0.1) is 0 Å². The van der Waals surface area contributed by atoms with Gasteiger partial charge in [0.1, 0.15) is 5.75 Å². The summed E-state index contributed by atoms with van der Waals surface area (Å²) in [6.45, 7) is 0. The molecule has 0 saturated carbocycles. The Morgan fingerprint density at radius 1 is 1.05 bits per heavy atom. The summed E-state index contributed by atoms with van der Waals surface area (Å²) in [5.41, 5.74) is -0.554. The van der Waals surface area contributed by atoms with Gasteiger partial charge in [-0.3, -0.25) is 0 Å². The monoisotopic (exact) mass is 360 g/mol. The molecule has 0 N–H and O–H groups in total. The van der Waals surface area contributed by atoms with Crippen molar-refractivity contribution < 1.29 is 22.6 Å². The fourth-order valence-electron chi connectivity index (χ4n) is 1.83. The predicted octanol–water partition coefficient (Wildman–Crippen LogP) is 5.40. The van der Waals surface area contributed by atoms with Gasteiger partial charge in [0, 0.05) is 5.33 Å². The minimum atomic E-state index is -4.43. The highest BCUT2D eigenvalue weighted by Crippen LogP contribution is 2.37. The summed E-state index contributed by atoms with van der Waals surface area (Å²) in [6.07, 6.45) is -4.43. The fraction of sp³-hybridized carbons (Fsp3) is 0.200. The summed E-state index contributed by atoms with van der Waals surface area (Å²) in [7, 11) is 1.47. The molecule has 21 heavy (non-hydrogen) atoms. The number of hydrogen-bond acceptors (Lipinski definition) is 2. The lowest BCUT2D eigenvalue weighted by Gasteiger charge is -2.14. The molecule has 0 saturated heterocycles. The predicted molar refractivity (Wildman–Crippen MR) is 77.1 cm³/mol. The Hall–Kier alpha value is -1.69. The van der Waals surface area contributed by atoms with Crippen molar-refractivity contribution >= 4 is 15.9 Å². The molecule has 2 aromatic carbocycles. The van der Waals surface area contributed by atoms with Gasteiger partial charge in [0.05, 0.1) is 12.7 Å². The minimum absolute atomic E-state index is 0.108. The van der Waals surface area contributed by atoms with E-state index in [1.807, 2.05) is 0 Å².